The Balaban J connectivity index is 2.19. The van der Waals surface area contributed by atoms with Crippen LogP contribution in [0.1, 0.15) is 23.8 Å². The van der Waals surface area contributed by atoms with Crippen molar-refractivity contribution in [1.29, 1.82) is 0 Å². The van der Waals surface area contributed by atoms with Crippen molar-refractivity contribution >= 4 is 0 Å². The van der Waals surface area contributed by atoms with E-state index in [2.05, 4.69) is 4.98 Å². The molecule has 76 valence electrons. The van der Waals surface area contributed by atoms with E-state index in [0.717, 1.165) is 17.7 Å². The van der Waals surface area contributed by atoms with Crippen LogP contribution in [-0.2, 0) is 6.42 Å². The molecule has 0 fully saturated rings. The second kappa shape index (κ2) is 3.94. The number of hydrogen-bond acceptors (Lipinski definition) is 4. The van der Waals surface area contributed by atoms with E-state index in [1.165, 1.54) is 0 Å². The molecule has 0 spiro atoms. The van der Waals surface area contributed by atoms with Gasteiger partial charge in [-0.1, -0.05) is 0 Å². The number of aliphatic hydroxyl groups is 1. The van der Waals surface area contributed by atoms with Crippen molar-refractivity contribution < 1.29 is 9.84 Å². The average molecular weight is 194 g/mol. The van der Waals surface area contributed by atoms with Crippen LogP contribution in [0, 0.1) is 0 Å². The smallest absolute Gasteiger partial charge is 0.140 e. The van der Waals surface area contributed by atoms with Gasteiger partial charge in [0.2, 0.25) is 0 Å². The van der Waals surface area contributed by atoms with Crippen LogP contribution in [-0.4, -0.2) is 23.2 Å². The fourth-order valence-corrected chi connectivity index (χ4v) is 1.59. The molecule has 0 saturated carbocycles. The predicted octanol–water partition coefficient (Wildman–Crippen LogP) is 0.399. The molecule has 0 aliphatic carbocycles. The molecule has 1 aliphatic heterocycles. The van der Waals surface area contributed by atoms with Gasteiger partial charge in [-0.05, 0) is 19.0 Å². The van der Waals surface area contributed by atoms with E-state index in [4.69, 9.17) is 10.5 Å². The van der Waals surface area contributed by atoms with Gasteiger partial charge >= 0.3 is 0 Å². The van der Waals surface area contributed by atoms with E-state index in [0.29, 0.717) is 25.3 Å². The Labute approximate surface area is 82.7 Å². The first-order valence-electron chi connectivity index (χ1n) is 4.81. The van der Waals surface area contributed by atoms with Gasteiger partial charge in [0, 0.05) is 12.0 Å². The lowest BCUT2D eigenvalue weighted by molar-refractivity contribution is 0.165. The third-order valence-corrected chi connectivity index (χ3v) is 2.38. The quantitative estimate of drug-likeness (QED) is 0.730. The number of nitrogens with zero attached hydrogens (tertiary/aromatic N) is 1. The van der Waals surface area contributed by atoms with Gasteiger partial charge in [0.1, 0.15) is 5.75 Å². The highest BCUT2D eigenvalue weighted by molar-refractivity contribution is 5.35. The zero-order valence-corrected chi connectivity index (χ0v) is 7.94. The molecule has 1 unspecified atom stereocenters. The van der Waals surface area contributed by atoms with Gasteiger partial charge in [-0.3, -0.25) is 4.98 Å². The second-order valence-corrected chi connectivity index (χ2v) is 3.41. The third kappa shape index (κ3) is 1.71. The molecule has 1 aromatic rings. The Kier molecular flexibility index (Phi) is 2.65. The molecule has 2 heterocycles. The zero-order valence-electron chi connectivity index (χ0n) is 7.94. The van der Waals surface area contributed by atoms with Crippen LogP contribution in [0.3, 0.4) is 0 Å². The topological polar surface area (TPSA) is 68.4 Å². The lowest BCUT2D eigenvalue weighted by Gasteiger charge is -2.09. The maximum absolute atomic E-state index is 9.67. The molecule has 0 aromatic carbocycles. The highest BCUT2D eigenvalue weighted by Gasteiger charge is 2.16. The summed E-state index contributed by atoms with van der Waals surface area (Å²) in [5.74, 6) is 0.841. The predicted molar refractivity (Wildman–Crippen MR) is 52.1 cm³/mol. The number of rotatable bonds is 3. The minimum atomic E-state index is -0.550. The van der Waals surface area contributed by atoms with Crippen molar-refractivity contribution in [2.24, 2.45) is 5.73 Å². The minimum Gasteiger partial charge on any atom is -0.491 e. The van der Waals surface area contributed by atoms with Crippen molar-refractivity contribution in [3.05, 3.63) is 23.5 Å². The molecule has 14 heavy (non-hydrogen) atoms. The number of aromatic nitrogens is 1. The molecule has 1 atom stereocenters. The Morgan fingerprint density at radius 2 is 2.50 bits per heavy atom. The first kappa shape index (κ1) is 9.43. The summed E-state index contributed by atoms with van der Waals surface area (Å²) in [6.07, 6.45) is 2.58. The summed E-state index contributed by atoms with van der Waals surface area (Å²) in [5.41, 5.74) is 7.19. The number of fused-ring (bicyclic) bond motifs is 1. The van der Waals surface area contributed by atoms with Crippen molar-refractivity contribution in [1.82, 2.24) is 4.98 Å². The van der Waals surface area contributed by atoms with Crippen LogP contribution in [0.25, 0.3) is 0 Å². The number of nitrogens with two attached hydrogens (primary N) is 1. The summed E-state index contributed by atoms with van der Waals surface area (Å²) in [7, 11) is 0. The van der Waals surface area contributed by atoms with Crippen molar-refractivity contribution in [3.63, 3.8) is 0 Å². The molecular weight excluding hydrogens is 180 g/mol. The number of hydrogen-bond donors (Lipinski definition) is 2. The van der Waals surface area contributed by atoms with E-state index in [1.807, 2.05) is 6.07 Å². The summed E-state index contributed by atoms with van der Waals surface area (Å²) >= 11 is 0. The largest absolute Gasteiger partial charge is 0.491 e. The van der Waals surface area contributed by atoms with Crippen molar-refractivity contribution in [2.45, 2.75) is 18.9 Å². The molecule has 4 heteroatoms. The van der Waals surface area contributed by atoms with Crippen LogP contribution >= 0.6 is 0 Å². The molecule has 0 bridgehead atoms. The average Bonchev–Trinajstić information content (AvgIpc) is 2.64. The van der Waals surface area contributed by atoms with Crippen molar-refractivity contribution in [3.8, 4) is 5.75 Å². The highest BCUT2D eigenvalue weighted by Crippen LogP contribution is 2.26. The lowest BCUT2D eigenvalue weighted by atomic mass is 10.1. The van der Waals surface area contributed by atoms with E-state index in [1.54, 1.807) is 6.20 Å². The Hall–Kier alpha value is -1.13. The lowest BCUT2D eigenvalue weighted by Crippen LogP contribution is -2.08. The SMILES string of the molecule is NCCC(O)c1cc2c(cn1)OCC2. The minimum absolute atomic E-state index is 0.469. The molecule has 0 saturated heterocycles. The molecule has 0 radical (unpaired) electrons. The highest BCUT2D eigenvalue weighted by atomic mass is 16.5. The van der Waals surface area contributed by atoms with E-state index in [-0.39, 0.29) is 0 Å². The van der Waals surface area contributed by atoms with Crippen LogP contribution in [0.5, 0.6) is 5.75 Å². The second-order valence-electron chi connectivity index (χ2n) is 3.41. The zero-order chi connectivity index (χ0) is 9.97. The van der Waals surface area contributed by atoms with Gasteiger partial charge < -0.3 is 15.6 Å². The molecule has 3 N–H and O–H groups in total. The standard InChI is InChI=1S/C10H14N2O2/c11-3-1-9(13)8-5-7-2-4-14-10(7)6-12-8/h5-6,9,13H,1-4,11H2. The van der Waals surface area contributed by atoms with Gasteiger partial charge in [-0.15, -0.1) is 0 Å². The Morgan fingerprint density at radius 3 is 3.29 bits per heavy atom. The Bertz CT molecular complexity index is 328. The summed E-state index contributed by atoms with van der Waals surface area (Å²) in [6, 6.07) is 1.91. The summed E-state index contributed by atoms with van der Waals surface area (Å²) < 4.78 is 5.32. The van der Waals surface area contributed by atoms with Crippen LogP contribution in [0.4, 0.5) is 0 Å². The Morgan fingerprint density at radius 1 is 1.64 bits per heavy atom. The number of pyridine rings is 1. The number of aliphatic hydroxyl groups excluding tert-OH is 1. The molecule has 0 amide bonds. The fourth-order valence-electron chi connectivity index (χ4n) is 1.59. The summed E-state index contributed by atoms with van der Waals surface area (Å²) in [5, 5.41) is 9.67. The maximum Gasteiger partial charge on any atom is 0.140 e. The van der Waals surface area contributed by atoms with Gasteiger partial charge in [0.25, 0.3) is 0 Å². The summed E-state index contributed by atoms with van der Waals surface area (Å²) in [6.45, 7) is 1.18. The van der Waals surface area contributed by atoms with Gasteiger partial charge in [-0.25, -0.2) is 0 Å². The number of ether oxygens (including phenoxy) is 1. The molecule has 1 aromatic heterocycles. The van der Waals surface area contributed by atoms with Gasteiger partial charge in [-0.2, -0.15) is 0 Å². The maximum atomic E-state index is 9.67. The molecule has 2 rings (SSSR count). The third-order valence-electron chi connectivity index (χ3n) is 2.38. The van der Waals surface area contributed by atoms with Crippen LogP contribution in [0.15, 0.2) is 12.3 Å². The van der Waals surface area contributed by atoms with Gasteiger partial charge in [0.05, 0.1) is 24.6 Å². The van der Waals surface area contributed by atoms with E-state index in [9.17, 15) is 5.11 Å². The molecular formula is C10H14N2O2. The molecule has 4 nitrogen and oxygen atoms in total. The monoisotopic (exact) mass is 194 g/mol. The van der Waals surface area contributed by atoms with Gasteiger partial charge in [0.15, 0.2) is 0 Å². The first-order chi connectivity index (χ1) is 6.81. The van der Waals surface area contributed by atoms with Crippen LogP contribution in [0.2, 0.25) is 0 Å². The normalized spacial score (nSPS) is 16.1. The first-order valence-corrected chi connectivity index (χ1v) is 4.81. The van der Waals surface area contributed by atoms with Crippen molar-refractivity contribution in [2.75, 3.05) is 13.2 Å². The molecule has 1 aliphatic rings. The fraction of sp³-hybridized carbons (Fsp3) is 0.500. The van der Waals surface area contributed by atoms with E-state index < -0.39 is 6.10 Å². The van der Waals surface area contributed by atoms with E-state index >= 15 is 0 Å². The van der Waals surface area contributed by atoms with Crippen LogP contribution < -0.4 is 10.5 Å². The summed E-state index contributed by atoms with van der Waals surface area (Å²) in [4.78, 5) is 4.14.